The normalized spacial score (nSPS) is 22.1. The minimum Gasteiger partial charge on any atom is -0.207 e. The van der Waals surface area contributed by atoms with E-state index in [2.05, 4.69) is 15.9 Å². The SMILES string of the molecule is Cc1cc(S(=O)(=O)N2CCSCC2C)ccc1Br. The zero-order valence-electron chi connectivity index (χ0n) is 10.4. The molecule has 3 nitrogen and oxygen atoms in total. The third-order valence-electron chi connectivity index (χ3n) is 3.04. The Kier molecular flexibility index (Phi) is 4.41. The molecule has 0 bridgehead atoms. The Hall–Kier alpha value is -0.0400. The molecule has 1 unspecified atom stereocenters. The molecule has 0 radical (unpaired) electrons. The Morgan fingerprint density at radius 3 is 2.78 bits per heavy atom. The smallest absolute Gasteiger partial charge is 0.207 e. The second-order valence-corrected chi connectivity index (χ2v) is 8.35. The Balaban J connectivity index is 2.37. The lowest BCUT2D eigenvalue weighted by Gasteiger charge is -2.32. The van der Waals surface area contributed by atoms with Crippen LogP contribution in [0.3, 0.4) is 0 Å². The summed E-state index contributed by atoms with van der Waals surface area (Å²) in [6, 6.07) is 5.26. The maximum Gasteiger partial charge on any atom is 0.243 e. The highest BCUT2D eigenvalue weighted by Crippen LogP contribution is 2.26. The number of halogens is 1. The molecule has 0 aromatic heterocycles. The summed E-state index contributed by atoms with van der Waals surface area (Å²) in [4.78, 5) is 0.391. The third-order valence-corrected chi connectivity index (χ3v) is 7.13. The first-order valence-corrected chi connectivity index (χ1v) is 9.17. The second kappa shape index (κ2) is 5.53. The summed E-state index contributed by atoms with van der Waals surface area (Å²) in [5, 5.41) is 0. The van der Waals surface area contributed by atoms with Crippen LogP contribution in [-0.2, 0) is 10.0 Å². The van der Waals surface area contributed by atoms with E-state index in [1.165, 1.54) is 0 Å². The van der Waals surface area contributed by atoms with Crippen molar-refractivity contribution in [3.63, 3.8) is 0 Å². The summed E-state index contributed by atoms with van der Waals surface area (Å²) in [6.07, 6.45) is 0. The first-order chi connectivity index (χ1) is 8.43. The number of rotatable bonds is 2. The molecule has 1 atom stereocenters. The van der Waals surface area contributed by atoms with Crippen molar-refractivity contribution in [1.29, 1.82) is 0 Å². The average Bonchev–Trinajstić information content (AvgIpc) is 2.33. The topological polar surface area (TPSA) is 37.4 Å². The van der Waals surface area contributed by atoms with Gasteiger partial charge < -0.3 is 0 Å². The summed E-state index contributed by atoms with van der Waals surface area (Å²) in [6.45, 7) is 4.47. The van der Waals surface area contributed by atoms with Crippen LogP contribution < -0.4 is 0 Å². The Bertz CT molecular complexity index is 545. The maximum absolute atomic E-state index is 12.6. The molecule has 6 heteroatoms. The van der Waals surface area contributed by atoms with Gasteiger partial charge in [0.2, 0.25) is 10.0 Å². The molecule has 0 aliphatic carbocycles. The molecular formula is C12H16BrNO2S2. The fourth-order valence-electron chi connectivity index (χ4n) is 1.98. The summed E-state index contributed by atoms with van der Waals surface area (Å²) in [5.74, 6) is 1.74. The third kappa shape index (κ3) is 2.76. The van der Waals surface area contributed by atoms with E-state index in [-0.39, 0.29) is 6.04 Å². The van der Waals surface area contributed by atoms with Crippen LogP contribution in [0.4, 0.5) is 0 Å². The van der Waals surface area contributed by atoms with E-state index in [0.29, 0.717) is 11.4 Å². The highest BCUT2D eigenvalue weighted by Gasteiger charge is 2.31. The zero-order valence-corrected chi connectivity index (χ0v) is 13.6. The lowest BCUT2D eigenvalue weighted by molar-refractivity contribution is 0.367. The van der Waals surface area contributed by atoms with E-state index in [9.17, 15) is 8.42 Å². The minimum absolute atomic E-state index is 0.0673. The quantitative estimate of drug-likeness (QED) is 0.823. The van der Waals surface area contributed by atoms with E-state index >= 15 is 0 Å². The molecule has 100 valence electrons. The van der Waals surface area contributed by atoms with Crippen LogP contribution >= 0.6 is 27.7 Å². The van der Waals surface area contributed by atoms with E-state index < -0.39 is 10.0 Å². The Morgan fingerprint density at radius 1 is 1.44 bits per heavy atom. The molecular weight excluding hydrogens is 334 g/mol. The summed E-state index contributed by atoms with van der Waals surface area (Å²) >= 11 is 5.20. The fraction of sp³-hybridized carbons (Fsp3) is 0.500. The molecule has 1 heterocycles. The number of sulfonamides is 1. The fourth-order valence-corrected chi connectivity index (χ4v) is 5.17. The lowest BCUT2D eigenvalue weighted by Crippen LogP contribution is -2.44. The van der Waals surface area contributed by atoms with Gasteiger partial charge in [-0.2, -0.15) is 16.1 Å². The highest BCUT2D eigenvalue weighted by molar-refractivity contribution is 9.10. The first kappa shape index (κ1) is 14.4. The van der Waals surface area contributed by atoms with Gasteiger partial charge in [-0.05, 0) is 37.6 Å². The number of nitrogens with zero attached hydrogens (tertiary/aromatic N) is 1. The van der Waals surface area contributed by atoms with Crippen LogP contribution in [0, 0.1) is 6.92 Å². The number of aryl methyl sites for hydroxylation is 1. The molecule has 1 aromatic rings. The van der Waals surface area contributed by atoms with Crippen LogP contribution in [0.5, 0.6) is 0 Å². The number of thioether (sulfide) groups is 1. The molecule has 0 amide bonds. The van der Waals surface area contributed by atoms with Gasteiger partial charge in [-0.15, -0.1) is 0 Å². The van der Waals surface area contributed by atoms with Crippen molar-refractivity contribution in [2.75, 3.05) is 18.1 Å². The largest absolute Gasteiger partial charge is 0.243 e. The van der Waals surface area contributed by atoms with Crippen LogP contribution in [0.25, 0.3) is 0 Å². The average molecular weight is 350 g/mol. The van der Waals surface area contributed by atoms with Crippen LogP contribution in [-0.4, -0.2) is 36.8 Å². The lowest BCUT2D eigenvalue weighted by atomic mass is 10.2. The molecule has 18 heavy (non-hydrogen) atoms. The molecule has 0 N–H and O–H groups in total. The number of benzene rings is 1. The molecule has 1 saturated heterocycles. The van der Waals surface area contributed by atoms with Gasteiger partial charge >= 0.3 is 0 Å². The van der Waals surface area contributed by atoms with E-state index in [0.717, 1.165) is 21.5 Å². The van der Waals surface area contributed by atoms with Gasteiger partial charge in [-0.1, -0.05) is 15.9 Å². The van der Waals surface area contributed by atoms with Crippen molar-refractivity contribution < 1.29 is 8.42 Å². The molecule has 1 aliphatic rings. The molecule has 1 fully saturated rings. The Labute approximate surface area is 121 Å². The van der Waals surface area contributed by atoms with Gasteiger partial charge in [0.1, 0.15) is 0 Å². The molecule has 1 aromatic carbocycles. The number of hydrogen-bond acceptors (Lipinski definition) is 3. The first-order valence-electron chi connectivity index (χ1n) is 5.78. The molecule has 1 aliphatic heterocycles. The van der Waals surface area contributed by atoms with Gasteiger partial charge in [0.15, 0.2) is 0 Å². The van der Waals surface area contributed by atoms with Crippen molar-refractivity contribution in [3.05, 3.63) is 28.2 Å². The van der Waals surface area contributed by atoms with Gasteiger partial charge in [-0.25, -0.2) is 8.42 Å². The van der Waals surface area contributed by atoms with E-state index in [1.54, 1.807) is 22.5 Å². The van der Waals surface area contributed by atoms with Crippen molar-refractivity contribution >= 4 is 37.7 Å². The highest BCUT2D eigenvalue weighted by atomic mass is 79.9. The molecule has 0 spiro atoms. The van der Waals surface area contributed by atoms with E-state index in [4.69, 9.17) is 0 Å². The van der Waals surface area contributed by atoms with Crippen LogP contribution in [0.2, 0.25) is 0 Å². The van der Waals surface area contributed by atoms with Crippen LogP contribution in [0.15, 0.2) is 27.6 Å². The van der Waals surface area contributed by atoms with Gasteiger partial charge in [0.25, 0.3) is 0 Å². The van der Waals surface area contributed by atoms with Crippen LogP contribution in [0.1, 0.15) is 12.5 Å². The van der Waals surface area contributed by atoms with Gasteiger partial charge in [-0.3, -0.25) is 0 Å². The second-order valence-electron chi connectivity index (χ2n) is 4.45. The summed E-state index contributed by atoms with van der Waals surface area (Å²) in [5.41, 5.74) is 0.940. The zero-order chi connectivity index (χ0) is 13.3. The Morgan fingerprint density at radius 2 is 2.17 bits per heavy atom. The predicted molar refractivity (Wildman–Crippen MR) is 79.6 cm³/mol. The van der Waals surface area contributed by atoms with Gasteiger partial charge in [0.05, 0.1) is 4.90 Å². The summed E-state index contributed by atoms with van der Waals surface area (Å²) in [7, 11) is -3.35. The maximum atomic E-state index is 12.6. The molecule has 0 saturated carbocycles. The monoisotopic (exact) mass is 349 g/mol. The molecule has 2 rings (SSSR count). The van der Waals surface area contributed by atoms with E-state index in [1.807, 2.05) is 25.6 Å². The summed E-state index contributed by atoms with van der Waals surface area (Å²) < 4.78 is 27.7. The van der Waals surface area contributed by atoms with Gasteiger partial charge in [0, 0.05) is 28.6 Å². The van der Waals surface area contributed by atoms with Crippen molar-refractivity contribution in [2.24, 2.45) is 0 Å². The van der Waals surface area contributed by atoms with Crippen molar-refractivity contribution in [2.45, 2.75) is 24.8 Å². The standard InChI is InChI=1S/C12H16BrNO2S2/c1-9-7-11(3-4-12(9)13)18(15,16)14-5-6-17-8-10(14)2/h3-4,7,10H,5-6,8H2,1-2H3. The number of hydrogen-bond donors (Lipinski definition) is 0. The van der Waals surface area contributed by atoms with Crippen molar-refractivity contribution in [1.82, 2.24) is 4.31 Å². The minimum atomic E-state index is -3.35. The predicted octanol–water partition coefficient (Wildman–Crippen LogP) is 2.88. The van der Waals surface area contributed by atoms with Crippen molar-refractivity contribution in [3.8, 4) is 0 Å².